The molecule has 33 heavy (non-hydrogen) atoms. The number of aliphatic hydroxyl groups is 1. The summed E-state index contributed by atoms with van der Waals surface area (Å²) in [5.41, 5.74) is -4.90. The van der Waals surface area contributed by atoms with E-state index in [2.05, 4.69) is 10.3 Å². The summed E-state index contributed by atoms with van der Waals surface area (Å²) in [7, 11) is 0. The molecule has 5 nitrogen and oxygen atoms in total. The molecule has 1 aliphatic rings. The highest BCUT2D eigenvalue weighted by Crippen LogP contribution is 2.59. The van der Waals surface area contributed by atoms with Gasteiger partial charge in [0.05, 0.1) is 11.6 Å². The summed E-state index contributed by atoms with van der Waals surface area (Å²) >= 11 is 0. The molecule has 2 aromatic carbocycles. The van der Waals surface area contributed by atoms with Crippen molar-refractivity contribution >= 4 is 16.6 Å². The number of halogens is 5. The SMILES string of the molecule is CC1(C)C[C@](O)(C(F)(F)C(F)(F)F)[C@H](Nc2cccc3[nH]c(=O)ccc23)c2cccc(O)c21. The van der Waals surface area contributed by atoms with E-state index in [-0.39, 0.29) is 22.6 Å². The second kappa shape index (κ2) is 7.18. The van der Waals surface area contributed by atoms with Crippen LogP contribution in [0.4, 0.5) is 27.6 Å². The van der Waals surface area contributed by atoms with E-state index in [0.717, 1.165) is 0 Å². The van der Waals surface area contributed by atoms with Gasteiger partial charge in [-0.2, -0.15) is 22.0 Å². The van der Waals surface area contributed by atoms with Crippen molar-refractivity contribution in [2.24, 2.45) is 0 Å². The van der Waals surface area contributed by atoms with Crippen molar-refractivity contribution in [3.05, 3.63) is 70.0 Å². The van der Waals surface area contributed by atoms with Crippen LogP contribution in [0.1, 0.15) is 37.4 Å². The number of hydrogen-bond acceptors (Lipinski definition) is 4. The molecule has 0 unspecified atom stereocenters. The lowest BCUT2D eigenvalue weighted by Gasteiger charge is -2.51. The zero-order valence-corrected chi connectivity index (χ0v) is 17.6. The molecule has 0 saturated carbocycles. The number of alkyl halides is 5. The van der Waals surface area contributed by atoms with E-state index in [1.54, 1.807) is 6.07 Å². The number of phenolic OH excluding ortho intramolecular Hbond substituents is 1. The summed E-state index contributed by atoms with van der Waals surface area (Å²) in [5, 5.41) is 24.6. The van der Waals surface area contributed by atoms with Crippen LogP contribution < -0.4 is 10.9 Å². The quantitative estimate of drug-likeness (QED) is 0.408. The van der Waals surface area contributed by atoms with E-state index < -0.39 is 41.1 Å². The highest BCUT2D eigenvalue weighted by molar-refractivity contribution is 5.91. The monoisotopic (exact) mass is 468 g/mol. The van der Waals surface area contributed by atoms with Gasteiger partial charge in [0.2, 0.25) is 5.56 Å². The number of aromatic amines is 1. The minimum Gasteiger partial charge on any atom is -0.508 e. The molecule has 3 aromatic rings. The molecule has 0 amide bonds. The first kappa shape index (κ1) is 23.0. The van der Waals surface area contributed by atoms with Crippen molar-refractivity contribution in [2.75, 3.05) is 5.32 Å². The van der Waals surface area contributed by atoms with Crippen LogP contribution in [0.15, 0.2) is 53.3 Å². The molecule has 1 heterocycles. The second-order valence-corrected chi connectivity index (χ2v) is 8.97. The predicted molar refractivity (Wildman–Crippen MR) is 113 cm³/mol. The van der Waals surface area contributed by atoms with Crippen LogP contribution in [0.25, 0.3) is 10.9 Å². The van der Waals surface area contributed by atoms with E-state index >= 15 is 0 Å². The number of hydrogen-bond donors (Lipinski definition) is 4. The molecule has 0 spiro atoms. The lowest BCUT2D eigenvalue weighted by molar-refractivity contribution is -0.349. The van der Waals surface area contributed by atoms with E-state index in [9.17, 15) is 37.0 Å². The fraction of sp³-hybridized carbons (Fsp3) is 0.348. The van der Waals surface area contributed by atoms with Crippen LogP contribution in [-0.2, 0) is 5.41 Å². The van der Waals surface area contributed by atoms with Gasteiger partial charge < -0.3 is 20.5 Å². The zero-order valence-electron chi connectivity index (χ0n) is 17.6. The Labute approximate surface area is 184 Å². The molecule has 1 aliphatic carbocycles. The molecule has 4 rings (SSSR count). The summed E-state index contributed by atoms with van der Waals surface area (Å²) < 4.78 is 70.5. The number of anilines is 1. The molecule has 1 aromatic heterocycles. The van der Waals surface area contributed by atoms with Crippen LogP contribution in [-0.4, -0.2) is 32.9 Å². The first-order chi connectivity index (χ1) is 15.2. The van der Waals surface area contributed by atoms with Crippen molar-refractivity contribution in [1.29, 1.82) is 0 Å². The molecule has 2 atom stereocenters. The van der Waals surface area contributed by atoms with E-state index in [4.69, 9.17) is 0 Å². The molecule has 0 fully saturated rings. The Hall–Kier alpha value is -3.14. The third-order valence-electron chi connectivity index (χ3n) is 6.22. The molecule has 176 valence electrons. The van der Waals surface area contributed by atoms with Gasteiger partial charge in [-0.3, -0.25) is 4.79 Å². The van der Waals surface area contributed by atoms with Gasteiger partial charge in [0.25, 0.3) is 0 Å². The Kier molecular flexibility index (Phi) is 5.01. The molecule has 0 bridgehead atoms. The van der Waals surface area contributed by atoms with Gasteiger partial charge in [-0.05, 0) is 41.7 Å². The minimum atomic E-state index is -6.03. The Morgan fingerprint density at radius 3 is 2.36 bits per heavy atom. The molecule has 10 heteroatoms. The lowest BCUT2D eigenvalue weighted by atomic mass is 9.61. The number of aromatic nitrogens is 1. The van der Waals surface area contributed by atoms with Crippen LogP contribution >= 0.6 is 0 Å². The number of aromatic hydroxyl groups is 1. The number of H-pyrrole nitrogens is 1. The number of fused-ring (bicyclic) bond motifs is 2. The summed E-state index contributed by atoms with van der Waals surface area (Å²) in [6.07, 6.45) is -7.02. The highest BCUT2D eigenvalue weighted by atomic mass is 19.4. The average molecular weight is 468 g/mol. The van der Waals surface area contributed by atoms with E-state index in [1.807, 2.05) is 0 Å². The lowest BCUT2D eigenvalue weighted by Crippen LogP contribution is -2.65. The van der Waals surface area contributed by atoms with Crippen molar-refractivity contribution in [3.63, 3.8) is 0 Å². The van der Waals surface area contributed by atoms with Crippen molar-refractivity contribution < 1.29 is 32.2 Å². The van der Waals surface area contributed by atoms with Crippen LogP contribution in [0, 0.1) is 0 Å². The summed E-state index contributed by atoms with van der Waals surface area (Å²) in [6.45, 7) is 2.78. The van der Waals surface area contributed by atoms with Crippen molar-refractivity contribution in [1.82, 2.24) is 4.98 Å². The van der Waals surface area contributed by atoms with Gasteiger partial charge in [0, 0.05) is 22.7 Å². The maximum absolute atomic E-state index is 14.9. The van der Waals surface area contributed by atoms with Gasteiger partial charge in [-0.15, -0.1) is 0 Å². The second-order valence-electron chi connectivity index (χ2n) is 8.97. The largest absolute Gasteiger partial charge is 0.508 e. The molecule has 0 saturated heterocycles. The van der Waals surface area contributed by atoms with Crippen LogP contribution in [0.5, 0.6) is 5.75 Å². The third kappa shape index (κ3) is 3.43. The van der Waals surface area contributed by atoms with Crippen LogP contribution in [0.2, 0.25) is 0 Å². The van der Waals surface area contributed by atoms with Crippen molar-refractivity contribution in [3.8, 4) is 5.75 Å². The Bertz CT molecular complexity index is 1290. The number of pyridine rings is 1. The summed E-state index contributed by atoms with van der Waals surface area (Å²) in [4.78, 5) is 14.2. The molecule has 0 radical (unpaired) electrons. The number of nitrogens with one attached hydrogen (secondary N) is 2. The van der Waals surface area contributed by atoms with Crippen LogP contribution in [0.3, 0.4) is 0 Å². The number of phenols is 1. The van der Waals surface area contributed by atoms with Crippen molar-refractivity contribution in [2.45, 2.75) is 49.4 Å². The van der Waals surface area contributed by atoms with Gasteiger partial charge in [-0.1, -0.05) is 32.0 Å². The minimum absolute atomic E-state index is 0.0842. The Morgan fingerprint density at radius 1 is 1.03 bits per heavy atom. The Morgan fingerprint density at radius 2 is 1.70 bits per heavy atom. The van der Waals surface area contributed by atoms with E-state index in [1.165, 1.54) is 56.3 Å². The Balaban J connectivity index is 1.98. The molecular weight excluding hydrogens is 447 g/mol. The topological polar surface area (TPSA) is 85.4 Å². The third-order valence-corrected chi connectivity index (χ3v) is 6.22. The standard InChI is InChI=1S/C23H21F5N2O3/c1-20(2)11-21(33,22(24,25)23(26,27)28)19(13-5-3-8-16(31)18(13)20)30-15-7-4-6-14-12(15)9-10-17(32)29-14/h3-10,19,30-31,33H,11H2,1-2H3,(H,29,32)/t19-,21-/m1/s1. The molecule has 4 N–H and O–H groups in total. The normalized spacial score (nSPS) is 22.7. The first-order valence-corrected chi connectivity index (χ1v) is 10.1. The number of benzene rings is 2. The summed E-state index contributed by atoms with van der Waals surface area (Å²) in [5.74, 6) is -5.76. The van der Waals surface area contributed by atoms with Gasteiger partial charge in [0.1, 0.15) is 5.75 Å². The smallest absolute Gasteiger partial charge is 0.456 e. The maximum Gasteiger partial charge on any atom is 0.456 e. The predicted octanol–water partition coefficient (Wildman–Crippen LogP) is 5.00. The van der Waals surface area contributed by atoms with Gasteiger partial charge >= 0.3 is 12.1 Å². The summed E-state index contributed by atoms with van der Waals surface area (Å²) in [6, 6.07) is 9.04. The number of rotatable bonds is 3. The fourth-order valence-electron chi connectivity index (χ4n) is 4.86. The average Bonchev–Trinajstić information content (AvgIpc) is 2.69. The highest BCUT2D eigenvalue weighted by Gasteiger charge is 2.74. The maximum atomic E-state index is 14.9. The zero-order chi connectivity index (χ0) is 24.4. The van der Waals surface area contributed by atoms with Gasteiger partial charge in [0.15, 0.2) is 5.60 Å². The molecular formula is C23H21F5N2O3. The van der Waals surface area contributed by atoms with E-state index in [0.29, 0.717) is 10.9 Å². The first-order valence-electron chi connectivity index (χ1n) is 10.1. The fourth-order valence-corrected chi connectivity index (χ4v) is 4.86. The molecule has 0 aliphatic heterocycles. The van der Waals surface area contributed by atoms with Gasteiger partial charge in [-0.25, -0.2) is 0 Å².